The first-order valence-electron chi connectivity index (χ1n) is 6.49. The van der Waals surface area contributed by atoms with Crippen LogP contribution in [0.15, 0.2) is 24.3 Å². The van der Waals surface area contributed by atoms with Gasteiger partial charge in [0.1, 0.15) is 0 Å². The van der Waals surface area contributed by atoms with Crippen molar-refractivity contribution < 1.29 is 5.11 Å². The molecular formula is C15H23NO. The monoisotopic (exact) mass is 233 g/mol. The summed E-state index contributed by atoms with van der Waals surface area (Å²) in [4.78, 5) is 2.34. The molecule has 0 aromatic heterocycles. The van der Waals surface area contributed by atoms with Crippen molar-refractivity contribution in [3.63, 3.8) is 0 Å². The maximum absolute atomic E-state index is 9.47. The van der Waals surface area contributed by atoms with Gasteiger partial charge < -0.3 is 10.0 Å². The first-order valence-corrected chi connectivity index (χ1v) is 6.49. The minimum atomic E-state index is 0.193. The molecule has 0 spiro atoms. The Morgan fingerprint density at radius 3 is 2.65 bits per heavy atom. The molecule has 0 atom stereocenters. The van der Waals surface area contributed by atoms with Crippen LogP contribution in [-0.2, 0) is 6.54 Å². The van der Waals surface area contributed by atoms with Gasteiger partial charge in [-0.2, -0.15) is 0 Å². The summed E-state index contributed by atoms with van der Waals surface area (Å²) in [6, 6.07) is 8.66. The van der Waals surface area contributed by atoms with Crippen molar-refractivity contribution >= 4 is 0 Å². The highest BCUT2D eigenvalue weighted by molar-refractivity contribution is 5.22. The van der Waals surface area contributed by atoms with E-state index in [9.17, 15) is 5.11 Å². The number of hydrogen-bond acceptors (Lipinski definition) is 2. The second-order valence-electron chi connectivity index (χ2n) is 5.67. The van der Waals surface area contributed by atoms with Crippen LogP contribution in [-0.4, -0.2) is 30.2 Å². The summed E-state index contributed by atoms with van der Waals surface area (Å²) in [5.41, 5.74) is 2.87. The second kappa shape index (κ2) is 5.19. The van der Waals surface area contributed by atoms with Gasteiger partial charge in [-0.3, -0.25) is 0 Å². The molecule has 1 aliphatic rings. The van der Waals surface area contributed by atoms with Gasteiger partial charge in [0, 0.05) is 25.1 Å². The van der Waals surface area contributed by atoms with Crippen molar-refractivity contribution in [2.45, 2.75) is 32.7 Å². The largest absolute Gasteiger partial charge is 0.396 e. The van der Waals surface area contributed by atoms with Gasteiger partial charge in [-0.15, -0.1) is 0 Å². The number of nitrogens with zero attached hydrogens (tertiary/aromatic N) is 1. The van der Waals surface area contributed by atoms with Gasteiger partial charge >= 0.3 is 0 Å². The topological polar surface area (TPSA) is 23.5 Å². The number of benzene rings is 1. The third-order valence-corrected chi connectivity index (χ3v) is 3.89. The molecule has 1 aromatic carbocycles. The van der Waals surface area contributed by atoms with Crippen LogP contribution < -0.4 is 0 Å². The molecule has 0 unspecified atom stereocenters. The Balaban J connectivity index is 1.90. The predicted octanol–water partition coefficient (Wildman–Crippen LogP) is 2.59. The standard InChI is InChI=1S/C15H23NO/c1-13-5-3-6-14(9-13)10-16(2)11-15(12-17)7-4-8-15/h3,5-6,9,17H,4,7-8,10-12H2,1-2H3. The summed E-state index contributed by atoms with van der Waals surface area (Å²) in [7, 11) is 2.15. The average Bonchev–Trinajstić information content (AvgIpc) is 2.23. The summed E-state index contributed by atoms with van der Waals surface area (Å²) in [5.74, 6) is 0. The van der Waals surface area contributed by atoms with Crippen molar-refractivity contribution in [3.8, 4) is 0 Å². The Kier molecular flexibility index (Phi) is 3.85. The molecule has 0 bridgehead atoms. The van der Waals surface area contributed by atoms with Gasteiger partial charge in [-0.05, 0) is 32.4 Å². The van der Waals surface area contributed by atoms with E-state index in [1.54, 1.807) is 0 Å². The summed E-state index contributed by atoms with van der Waals surface area (Å²) in [6.45, 7) is 4.46. The van der Waals surface area contributed by atoms with E-state index in [1.807, 2.05) is 0 Å². The molecule has 2 rings (SSSR count). The summed E-state index contributed by atoms with van der Waals surface area (Å²) in [5, 5.41) is 9.47. The first-order chi connectivity index (χ1) is 8.13. The number of aryl methyl sites for hydroxylation is 1. The molecule has 1 saturated carbocycles. The Bertz CT molecular complexity index is 365. The lowest BCUT2D eigenvalue weighted by Gasteiger charge is -2.43. The third-order valence-electron chi connectivity index (χ3n) is 3.89. The van der Waals surface area contributed by atoms with Gasteiger partial charge in [-0.25, -0.2) is 0 Å². The summed E-state index contributed by atoms with van der Waals surface area (Å²) >= 11 is 0. The first kappa shape index (κ1) is 12.6. The highest BCUT2D eigenvalue weighted by atomic mass is 16.3. The minimum Gasteiger partial charge on any atom is -0.396 e. The molecule has 2 heteroatoms. The van der Waals surface area contributed by atoms with E-state index in [2.05, 4.69) is 43.1 Å². The van der Waals surface area contributed by atoms with Crippen molar-refractivity contribution in [2.75, 3.05) is 20.2 Å². The molecule has 94 valence electrons. The van der Waals surface area contributed by atoms with Crippen LogP contribution >= 0.6 is 0 Å². The fraction of sp³-hybridized carbons (Fsp3) is 0.600. The highest BCUT2D eigenvalue weighted by Crippen LogP contribution is 2.40. The molecule has 0 aliphatic heterocycles. The number of aliphatic hydroxyl groups is 1. The zero-order chi connectivity index (χ0) is 12.3. The second-order valence-corrected chi connectivity index (χ2v) is 5.67. The molecule has 0 amide bonds. The average molecular weight is 233 g/mol. The Hall–Kier alpha value is -0.860. The Morgan fingerprint density at radius 1 is 1.35 bits per heavy atom. The highest BCUT2D eigenvalue weighted by Gasteiger charge is 2.37. The minimum absolute atomic E-state index is 0.193. The SMILES string of the molecule is Cc1cccc(CN(C)CC2(CO)CCC2)c1. The Labute approximate surface area is 104 Å². The van der Waals surface area contributed by atoms with E-state index in [1.165, 1.54) is 30.4 Å². The third kappa shape index (κ3) is 3.08. The molecule has 1 fully saturated rings. The van der Waals surface area contributed by atoms with Gasteiger partial charge in [-0.1, -0.05) is 36.2 Å². The summed E-state index contributed by atoms with van der Waals surface area (Å²) < 4.78 is 0. The zero-order valence-electron chi connectivity index (χ0n) is 10.9. The molecule has 17 heavy (non-hydrogen) atoms. The molecule has 1 N–H and O–H groups in total. The normalized spacial score (nSPS) is 18.1. The predicted molar refractivity (Wildman–Crippen MR) is 70.9 cm³/mol. The lowest BCUT2D eigenvalue weighted by Crippen LogP contribution is -2.43. The molecule has 1 aromatic rings. The van der Waals surface area contributed by atoms with Crippen molar-refractivity contribution in [1.82, 2.24) is 4.90 Å². The van der Waals surface area contributed by atoms with E-state index in [-0.39, 0.29) is 5.41 Å². The summed E-state index contributed by atoms with van der Waals surface area (Å²) in [6.07, 6.45) is 3.64. The van der Waals surface area contributed by atoms with Gasteiger partial charge in [0.05, 0.1) is 0 Å². The lowest BCUT2D eigenvalue weighted by molar-refractivity contribution is 0.0127. The van der Waals surface area contributed by atoms with E-state index < -0.39 is 0 Å². The van der Waals surface area contributed by atoms with Crippen LogP contribution in [0.1, 0.15) is 30.4 Å². The van der Waals surface area contributed by atoms with E-state index >= 15 is 0 Å². The van der Waals surface area contributed by atoms with Crippen molar-refractivity contribution in [3.05, 3.63) is 35.4 Å². The molecule has 0 heterocycles. The zero-order valence-corrected chi connectivity index (χ0v) is 10.9. The molecule has 2 nitrogen and oxygen atoms in total. The van der Waals surface area contributed by atoms with Gasteiger partial charge in [0.2, 0.25) is 0 Å². The van der Waals surface area contributed by atoms with Crippen LogP contribution in [0.25, 0.3) is 0 Å². The van der Waals surface area contributed by atoms with Crippen LogP contribution in [0.2, 0.25) is 0 Å². The maximum atomic E-state index is 9.47. The van der Waals surface area contributed by atoms with E-state index in [0.717, 1.165) is 13.1 Å². The fourth-order valence-corrected chi connectivity index (χ4v) is 2.79. The fourth-order valence-electron chi connectivity index (χ4n) is 2.79. The number of rotatable bonds is 5. The van der Waals surface area contributed by atoms with Crippen LogP contribution in [0.5, 0.6) is 0 Å². The van der Waals surface area contributed by atoms with Crippen LogP contribution in [0.3, 0.4) is 0 Å². The van der Waals surface area contributed by atoms with Gasteiger partial charge in [0.15, 0.2) is 0 Å². The number of aliphatic hydroxyl groups excluding tert-OH is 1. The van der Waals surface area contributed by atoms with Gasteiger partial charge in [0.25, 0.3) is 0 Å². The van der Waals surface area contributed by atoms with Crippen molar-refractivity contribution in [1.29, 1.82) is 0 Å². The number of hydrogen-bond donors (Lipinski definition) is 1. The molecule has 0 radical (unpaired) electrons. The smallest absolute Gasteiger partial charge is 0.0499 e. The van der Waals surface area contributed by atoms with E-state index in [0.29, 0.717) is 6.61 Å². The van der Waals surface area contributed by atoms with Crippen LogP contribution in [0.4, 0.5) is 0 Å². The maximum Gasteiger partial charge on any atom is 0.0499 e. The van der Waals surface area contributed by atoms with Crippen LogP contribution in [0, 0.1) is 12.3 Å². The molecular weight excluding hydrogens is 210 g/mol. The lowest BCUT2D eigenvalue weighted by atomic mass is 9.69. The quantitative estimate of drug-likeness (QED) is 0.845. The Morgan fingerprint density at radius 2 is 2.12 bits per heavy atom. The van der Waals surface area contributed by atoms with E-state index in [4.69, 9.17) is 0 Å². The molecule has 0 saturated heterocycles. The van der Waals surface area contributed by atoms with Crippen molar-refractivity contribution in [2.24, 2.45) is 5.41 Å². The molecule has 1 aliphatic carbocycles.